The highest BCUT2D eigenvalue weighted by Crippen LogP contribution is 2.29. The van der Waals surface area contributed by atoms with Crippen molar-refractivity contribution in [3.05, 3.63) is 40.4 Å². The fraction of sp³-hybridized carbons (Fsp3) is 0. The molecule has 1 N–H and O–H groups in total. The molecule has 0 radical (unpaired) electrons. The lowest BCUT2D eigenvalue weighted by atomic mass is 10.4. The molecule has 1 aromatic carbocycles. The molecule has 0 fully saturated rings. The maximum Gasteiger partial charge on any atom is 0.172 e. The third-order valence-corrected chi connectivity index (χ3v) is 3.16. The first-order valence-electron chi connectivity index (χ1n) is 3.99. The Morgan fingerprint density at radius 1 is 1.20 bits per heavy atom. The summed E-state index contributed by atoms with van der Waals surface area (Å²) in [4.78, 5) is 7.63. The van der Waals surface area contributed by atoms with Crippen LogP contribution in [0.25, 0.3) is 0 Å². The summed E-state index contributed by atoms with van der Waals surface area (Å²) in [5.41, 5.74) is 0. The molecule has 0 atom stereocenters. The molecule has 0 saturated heterocycles. The number of halogens is 3. The van der Waals surface area contributed by atoms with Gasteiger partial charge < -0.3 is 4.98 Å². The van der Waals surface area contributed by atoms with Crippen molar-refractivity contribution in [2.45, 2.75) is 10.1 Å². The van der Waals surface area contributed by atoms with Crippen molar-refractivity contribution in [1.29, 1.82) is 0 Å². The fourth-order valence-electron chi connectivity index (χ4n) is 0.974. The molecule has 0 spiro atoms. The lowest BCUT2D eigenvalue weighted by molar-refractivity contribution is 0.626. The molecular weight excluding hydrogens is 258 g/mol. The van der Waals surface area contributed by atoms with E-state index in [-0.39, 0.29) is 11.0 Å². The summed E-state index contributed by atoms with van der Waals surface area (Å²) in [5, 5.41) is 1.12. The number of aromatic amines is 1. The Morgan fingerprint density at radius 3 is 2.40 bits per heavy atom. The smallest absolute Gasteiger partial charge is 0.172 e. The molecule has 0 aliphatic rings. The summed E-state index contributed by atoms with van der Waals surface area (Å²) in [5.74, 6) is -0.269. The molecule has 2 nitrogen and oxygen atoms in total. The van der Waals surface area contributed by atoms with Crippen LogP contribution in [0.3, 0.4) is 0 Å². The fourth-order valence-corrected chi connectivity index (χ4v) is 2.13. The van der Waals surface area contributed by atoms with Crippen LogP contribution in [0.1, 0.15) is 0 Å². The molecule has 1 heterocycles. The molecular formula is C9H5Cl2FN2S. The summed E-state index contributed by atoms with van der Waals surface area (Å²) in [6.45, 7) is 0. The van der Waals surface area contributed by atoms with Gasteiger partial charge in [0.05, 0.1) is 0 Å². The van der Waals surface area contributed by atoms with Crippen LogP contribution in [0, 0.1) is 5.82 Å². The van der Waals surface area contributed by atoms with Crippen molar-refractivity contribution >= 4 is 35.0 Å². The molecule has 0 amide bonds. The van der Waals surface area contributed by atoms with Gasteiger partial charge in [0.2, 0.25) is 0 Å². The first-order chi connectivity index (χ1) is 7.15. The molecule has 0 aliphatic carbocycles. The van der Waals surface area contributed by atoms with Gasteiger partial charge in [0.15, 0.2) is 10.3 Å². The summed E-state index contributed by atoms with van der Waals surface area (Å²) in [7, 11) is 0. The number of imidazole rings is 1. The second kappa shape index (κ2) is 4.43. The molecule has 15 heavy (non-hydrogen) atoms. The van der Waals surface area contributed by atoms with Gasteiger partial charge in [-0.3, -0.25) is 0 Å². The predicted molar refractivity (Wildman–Crippen MR) is 59.1 cm³/mol. The van der Waals surface area contributed by atoms with E-state index in [1.807, 2.05) is 0 Å². The van der Waals surface area contributed by atoms with E-state index in [1.54, 1.807) is 12.1 Å². The van der Waals surface area contributed by atoms with E-state index in [0.717, 1.165) is 4.90 Å². The molecule has 78 valence electrons. The summed E-state index contributed by atoms with van der Waals surface area (Å²) >= 11 is 12.7. The number of nitrogens with one attached hydrogen (secondary N) is 1. The van der Waals surface area contributed by atoms with Gasteiger partial charge in [0.25, 0.3) is 0 Å². The molecule has 0 aliphatic heterocycles. The average Bonchev–Trinajstić information content (AvgIpc) is 2.50. The van der Waals surface area contributed by atoms with Crippen LogP contribution in [0.5, 0.6) is 0 Å². The molecule has 0 bridgehead atoms. The highest BCUT2D eigenvalue weighted by molar-refractivity contribution is 7.99. The van der Waals surface area contributed by atoms with E-state index in [2.05, 4.69) is 9.97 Å². The Hall–Kier alpha value is -0.710. The summed E-state index contributed by atoms with van der Waals surface area (Å²) < 4.78 is 12.6. The molecule has 2 rings (SSSR count). The number of H-pyrrole nitrogens is 1. The SMILES string of the molecule is Fc1ccc(Sc2nc(Cl)c(Cl)[nH]2)cc1. The van der Waals surface area contributed by atoms with Gasteiger partial charge in [0.1, 0.15) is 11.0 Å². The molecule has 0 unspecified atom stereocenters. The normalized spacial score (nSPS) is 10.6. The minimum Gasteiger partial charge on any atom is -0.322 e. The van der Waals surface area contributed by atoms with Gasteiger partial charge in [-0.05, 0) is 24.3 Å². The molecule has 1 aromatic heterocycles. The maximum absolute atomic E-state index is 12.6. The maximum atomic E-state index is 12.6. The number of benzene rings is 1. The average molecular weight is 263 g/mol. The Kier molecular flexibility index (Phi) is 3.19. The Bertz CT molecular complexity index is 450. The first kappa shape index (κ1) is 10.8. The van der Waals surface area contributed by atoms with E-state index in [1.165, 1.54) is 23.9 Å². The number of rotatable bonds is 2. The van der Waals surface area contributed by atoms with Gasteiger partial charge in [0, 0.05) is 4.90 Å². The van der Waals surface area contributed by atoms with Crippen LogP contribution in [-0.2, 0) is 0 Å². The second-order valence-electron chi connectivity index (χ2n) is 2.70. The zero-order valence-corrected chi connectivity index (χ0v) is 9.63. The minimum absolute atomic E-state index is 0.237. The van der Waals surface area contributed by atoms with Crippen LogP contribution >= 0.6 is 35.0 Å². The topological polar surface area (TPSA) is 28.7 Å². The number of aromatic nitrogens is 2. The predicted octanol–water partition coefficient (Wildman–Crippen LogP) is 4.01. The van der Waals surface area contributed by atoms with Crippen molar-refractivity contribution < 1.29 is 4.39 Å². The lowest BCUT2D eigenvalue weighted by Crippen LogP contribution is -1.77. The van der Waals surface area contributed by atoms with Crippen LogP contribution in [0.4, 0.5) is 4.39 Å². The monoisotopic (exact) mass is 262 g/mol. The largest absolute Gasteiger partial charge is 0.322 e. The zero-order valence-electron chi connectivity index (χ0n) is 7.30. The molecule has 2 aromatic rings. The van der Waals surface area contributed by atoms with Gasteiger partial charge in [-0.1, -0.05) is 35.0 Å². The Morgan fingerprint density at radius 2 is 1.87 bits per heavy atom. The highest BCUT2D eigenvalue weighted by atomic mass is 35.5. The zero-order chi connectivity index (χ0) is 10.8. The van der Waals surface area contributed by atoms with Crippen molar-refractivity contribution in [3.63, 3.8) is 0 Å². The third-order valence-electron chi connectivity index (χ3n) is 1.63. The van der Waals surface area contributed by atoms with E-state index in [4.69, 9.17) is 23.2 Å². The summed E-state index contributed by atoms with van der Waals surface area (Å²) in [6, 6.07) is 6.08. The molecule has 0 saturated carbocycles. The second-order valence-corrected chi connectivity index (χ2v) is 4.50. The van der Waals surface area contributed by atoms with E-state index in [9.17, 15) is 4.39 Å². The van der Waals surface area contributed by atoms with Gasteiger partial charge in [-0.2, -0.15) is 0 Å². The number of hydrogen-bond donors (Lipinski definition) is 1. The van der Waals surface area contributed by atoms with Crippen molar-refractivity contribution in [2.24, 2.45) is 0 Å². The standard InChI is InChI=1S/C9H5Cl2FN2S/c10-7-8(11)14-9(13-7)15-6-3-1-5(12)2-4-6/h1-4H,(H,13,14). The Balaban J connectivity index is 2.18. The van der Waals surface area contributed by atoms with Crippen LogP contribution in [-0.4, -0.2) is 9.97 Å². The van der Waals surface area contributed by atoms with Crippen molar-refractivity contribution in [3.8, 4) is 0 Å². The van der Waals surface area contributed by atoms with E-state index in [0.29, 0.717) is 10.3 Å². The van der Waals surface area contributed by atoms with Gasteiger partial charge in [-0.25, -0.2) is 9.37 Å². The minimum atomic E-state index is -0.269. The molecule has 6 heteroatoms. The van der Waals surface area contributed by atoms with Crippen LogP contribution < -0.4 is 0 Å². The van der Waals surface area contributed by atoms with Crippen molar-refractivity contribution in [1.82, 2.24) is 9.97 Å². The van der Waals surface area contributed by atoms with Crippen LogP contribution in [0.15, 0.2) is 34.3 Å². The third kappa shape index (κ3) is 2.65. The quantitative estimate of drug-likeness (QED) is 0.886. The Labute approximate surface area is 99.8 Å². The van der Waals surface area contributed by atoms with E-state index >= 15 is 0 Å². The highest BCUT2D eigenvalue weighted by Gasteiger charge is 2.06. The van der Waals surface area contributed by atoms with Crippen LogP contribution in [0.2, 0.25) is 10.3 Å². The summed E-state index contributed by atoms with van der Waals surface area (Å²) in [6.07, 6.45) is 0. The van der Waals surface area contributed by atoms with Gasteiger partial charge >= 0.3 is 0 Å². The number of nitrogens with zero attached hydrogens (tertiary/aromatic N) is 1. The number of hydrogen-bond acceptors (Lipinski definition) is 2. The lowest BCUT2D eigenvalue weighted by Gasteiger charge is -1.96. The first-order valence-corrected chi connectivity index (χ1v) is 5.57. The van der Waals surface area contributed by atoms with E-state index < -0.39 is 0 Å². The van der Waals surface area contributed by atoms with Gasteiger partial charge in [-0.15, -0.1) is 0 Å². The van der Waals surface area contributed by atoms with Crippen molar-refractivity contribution in [2.75, 3.05) is 0 Å².